The number of nitrogens with one attached hydrogen (secondary N) is 2. The Morgan fingerprint density at radius 1 is 0.926 bits per heavy atom. The fourth-order valence-electron chi connectivity index (χ4n) is 6.15. The molecule has 0 aliphatic carbocycles. The number of amides is 2. The summed E-state index contributed by atoms with van der Waals surface area (Å²) >= 11 is 6.02. The summed E-state index contributed by atoms with van der Waals surface area (Å²) in [7, 11) is 0. The highest BCUT2D eigenvalue weighted by Crippen LogP contribution is 2.22. The van der Waals surface area contributed by atoms with Crippen molar-refractivity contribution in [3.05, 3.63) is 76.8 Å². The number of benzene rings is 2. The molecule has 54 heavy (non-hydrogen) atoms. The van der Waals surface area contributed by atoms with Crippen LogP contribution >= 0.6 is 11.6 Å². The number of halogens is 1. The van der Waals surface area contributed by atoms with Gasteiger partial charge in [-0.1, -0.05) is 76.0 Å². The molecule has 14 nitrogen and oxygen atoms in total. The van der Waals surface area contributed by atoms with E-state index in [0.717, 1.165) is 5.56 Å². The minimum atomic E-state index is -1.10. The minimum Gasteiger partial charge on any atom is -0.481 e. The number of hydrogen-bond acceptors (Lipinski definition) is 8. The maximum atomic E-state index is 14.0. The highest BCUT2D eigenvalue weighted by molar-refractivity contribution is 6.30. The van der Waals surface area contributed by atoms with Crippen LogP contribution in [0.5, 0.6) is 0 Å². The van der Waals surface area contributed by atoms with E-state index >= 15 is 0 Å². The lowest BCUT2D eigenvalue weighted by molar-refractivity contribution is -0.144. The van der Waals surface area contributed by atoms with Gasteiger partial charge in [0.05, 0.1) is 23.7 Å². The van der Waals surface area contributed by atoms with Gasteiger partial charge in [-0.05, 0) is 74.3 Å². The Balaban J connectivity index is 1.81. The first-order valence-corrected chi connectivity index (χ1v) is 18.7. The fourth-order valence-corrected chi connectivity index (χ4v) is 6.28. The van der Waals surface area contributed by atoms with Gasteiger partial charge in [-0.25, -0.2) is 9.67 Å². The molecule has 2 aromatic carbocycles. The second-order valence-electron chi connectivity index (χ2n) is 14.1. The Labute approximate surface area is 321 Å². The molecule has 0 aliphatic rings. The van der Waals surface area contributed by atoms with Gasteiger partial charge in [0.1, 0.15) is 5.82 Å². The number of aliphatic carboxylic acids is 1. The van der Waals surface area contributed by atoms with Gasteiger partial charge in [-0.15, -0.1) is 5.10 Å². The molecule has 1 heterocycles. The molecule has 0 spiro atoms. The third-order valence-corrected chi connectivity index (χ3v) is 9.49. The molecule has 0 radical (unpaired) electrons. The predicted molar refractivity (Wildman–Crippen MR) is 207 cm³/mol. The third-order valence-electron chi connectivity index (χ3n) is 9.24. The van der Waals surface area contributed by atoms with Gasteiger partial charge in [-0.3, -0.25) is 29.0 Å². The molecule has 3 rings (SSSR count). The van der Waals surface area contributed by atoms with Crippen molar-refractivity contribution in [1.82, 2.24) is 25.4 Å². The third kappa shape index (κ3) is 13.4. The number of nitrogens with zero attached hydrogens (tertiary/aromatic N) is 4. The predicted octanol–water partition coefficient (Wildman–Crippen LogP) is 4.44. The summed E-state index contributed by atoms with van der Waals surface area (Å²) in [6.07, 6.45) is 1.06. The Kier molecular flexibility index (Phi) is 16.8. The first kappa shape index (κ1) is 43.3. The number of aromatic nitrogens is 3. The molecule has 5 atom stereocenters. The van der Waals surface area contributed by atoms with Crippen LogP contribution in [0.15, 0.2) is 59.6 Å². The van der Waals surface area contributed by atoms with Gasteiger partial charge in [0, 0.05) is 30.3 Å². The van der Waals surface area contributed by atoms with E-state index in [4.69, 9.17) is 23.1 Å². The average molecular weight is 765 g/mol. The Morgan fingerprint density at radius 2 is 1.57 bits per heavy atom. The average Bonchev–Trinajstić information content (AvgIpc) is 3.52. The number of ketones is 2. The van der Waals surface area contributed by atoms with Crippen LogP contribution in [0.1, 0.15) is 88.2 Å². The minimum absolute atomic E-state index is 0.00692. The molecule has 0 unspecified atom stereocenters. The molecule has 0 saturated heterocycles. The molecule has 0 fully saturated rings. The number of carbonyl (C=O) groups is 5. The van der Waals surface area contributed by atoms with Gasteiger partial charge < -0.3 is 27.2 Å². The molecule has 7 N–H and O–H groups in total. The Bertz CT molecular complexity index is 1760. The van der Waals surface area contributed by atoms with Crippen LogP contribution in [0.2, 0.25) is 5.02 Å². The molecular weight excluding hydrogens is 712 g/mol. The summed E-state index contributed by atoms with van der Waals surface area (Å²) < 4.78 is 1.49. The largest absolute Gasteiger partial charge is 0.481 e. The highest BCUT2D eigenvalue weighted by Gasteiger charge is 2.34. The van der Waals surface area contributed by atoms with Crippen LogP contribution in [0.25, 0.3) is 5.69 Å². The van der Waals surface area contributed by atoms with Crippen LogP contribution in [-0.4, -0.2) is 73.8 Å². The van der Waals surface area contributed by atoms with Crippen molar-refractivity contribution in [1.29, 1.82) is 0 Å². The smallest absolute Gasteiger partial charge is 0.307 e. The first-order valence-electron chi connectivity index (χ1n) is 18.3. The van der Waals surface area contributed by atoms with Crippen molar-refractivity contribution in [3.63, 3.8) is 0 Å². The topological polar surface area (TPSA) is 225 Å². The van der Waals surface area contributed by atoms with Crippen molar-refractivity contribution < 1.29 is 29.1 Å². The van der Waals surface area contributed by atoms with E-state index in [2.05, 4.69) is 25.7 Å². The zero-order valence-electron chi connectivity index (χ0n) is 31.6. The number of hydrogen-bond donors (Lipinski definition) is 5. The number of aryl methyl sites for hydroxylation is 1. The quantitative estimate of drug-likeness (QED) is 0.0549. The fraction of sp³-hybridized carbons (Fsp3) is 0.487. The number of guanidine groups is 1. The van der Waals surface area contributed by atoms with Crippen molar-refractivity contribution in [2.75, 3.05) is 6.54 Å². The number of rotatable bonds is 22. The molecule has 292 valence electrons. The molecule has 2 amide bonds. The number of Topliss-reactive ketones (excluding diaryl/α,β-unsaturated/α-hetero) is 2. The van der Waals surface area contributed by atoms with E-state index in [1.807, 2.05) is 58.0 Å². The molecule has 0 saturated carbocycles. The maximum absolute atomic E-state index is 14.0. The molecule has 1 aromatic heterocycles. The summed E-state index contributed by atoms with van der Waals surface area (Å²) in [6.45, 7) is 9.44. The van der Waals surface area contributed by atoms with Crippen LogP contribution in [-0.2, 0) is 25.6 Å². The standard InChI is InChI=1S/C39H53ClN8O6/c1-6-24(4)34(33(50)22-28(38(53)54)20-26-11-8-7-9-12-26)46-36(51)27(19-23(2)3)21-32(49)31(13-10-18-43-39(41)42)45-37(52)35-44-25(5)48(47-35)30-16-14-29(40)15-17-30/h7-9,11-12,14-17,23-24,27-28,31,34H,6,10,13,18-22H2,1-5H3,(H,45,52)(H,46,51)(H,53,54)(H4,41,42,43)/t24-,27+,28+,31-,34-/m0/s1. The van der Waals surface area contributed by atoms with E-state index in [-0.39, 0.29) is 61.6 Å². The van der Waals surface area contributed by atoms with Gasteiger partial charge in [0.2, 0.25) is 11.7 Å². The SMILES string of the molecule is CC[C@H](C)[C@H](NC(=O)[C@@H](CC(=O)[C@H](CCCN=C(N)N)NC(=O)c1nc(C)n(-c2ccc(Cl)cc2)n1)CC(C)C)C(=O)C[C@@H](Cc1ccccc1)C(=O)O. The van der Waals surface area contributed by atoms with Crippen LogP contribution < -0.4 is 22.1 Å². The number of carbonyl (C=O) groups excluding carboxylic acids is 4. The number of carboxylic acid groups (broad SMARTS) is 1. The van der Waals surface area contributed by atoms with E-state index in [0.29, 0.717) is 35.8 Å². The zero-order chi connectivity index (χ0) is 39.9. The van der Waals surface area contributed by atoms with Crippen molar-refractivity contribution >= 4 is 46.9 Å². The van der Waals surface area contributed by atoms with Crippen molar-refractivity contribution in [2.45, 2.75) is 91.6 Å². The molecule has 0 bridgehead atoms. The lowest BCUT2D eigenvalue weighted by atomic mass is 9.85. The summed E-state index contributed by atoms with van der Waals surface area (Å²) in [4.78, 5) is 75.6. The number of aliphatic imine (C=N–C) groups is 1. The monoisotopic (exact) mass is 764 g/mol. The zero-order valence-corrected chi connectivity index (χ0v) is 32.4. The lowest BCUT2D eigenvalue weighted by Crippen LogP contribution is -2.49. The van der Waals surface area contributed by atoms with Gasteiger partial charge >= 0.3 is 5.97 Å². The summed E-state index contributed by atoms with van der Waals surface area (Å²) in [5, 5.41) is 20.5. The molecule has 0 aliphatic heterocycles. The summed E-state index contributed by atoms with van der Waals surface area (Å²) in [6, 6.07) is 13.9. The van der Waals surface area contributed by atoms with Crippen molar-refractivity contribution in [3.8, 4) is 5.69 Å². The Morgan fingerprint density at radius 3 is 2.17 bits per heavy atom. The molecular formula is C39H53ClN8O6. The van der Waals surface area contributed by atoms with E-state index in [9.17, 15) is 29.1 Å². The summed E-state index contributed by atoms with van der Waals surface area (Å²) in [5.74, 6) is -4.98. The van der Waals surface area contributed by atoms with E-state index < -0.39 is 47.5 Å². The second kappa shape index (κ2) is 21.0. The van der Waals surface area contributed by atoms with Gasteiger partial charge in [0.15, 0.2) is 17.5 Å². The first-order chi connectivity index (χ1) is 25.6. The van der Waals surface area contributed by atoms with Gasteiger partial charge in [-0.2, -0.15) is 0 Å². The lowest BCUT2D eigenvalue weighted by Gasteiger charge is -2.28. The van der Waals surface area contributed by atoms with Crippen LogP contribution in [0, 0.1) is 30.6 Å². The second-order valence-corrected chi connectivity index (χ2v) is 14.5. The van der Waals surface area contributed by atoms with Crippen molar-refractivity contribution in [2.24, 2.45) is 40.1 Å². The normalized spacial score (nSPS) is 14.0. The van der Waals surface area contributed by atoms with Crippen LogP contribution in [0.3, 0.4) is 0 Å². The van der Waals surface area contributed by atoms with E-state index in [1.165, 1.54) is 4.68 Å². The van der Waals surface area contributed by atoms with Crippen LogP contribution in [0.4, 0.5) is 0 Å². The van der Waals surface area contributed by atoms with Gasteiger partial charge in [0.25, 0.3) is 5.91 Å². The highest BCUT2D eigenvalue weighted by atomic mass is 35.5. The Hall–Kier alpha value is -5.11. The maximum Gasteiger partial charge on any atom is 0.307 e. The van der Waals surface area contributed by atoms with E-state index in [1.54, 1.807) is 31.2 Å². The number of carboxylic acids is 1. The number of nitrogens with two attached hydrogens (primary N) is 2. The summed E-state index contributed by atoms with van der Waals surface area (Å²) in [5.41, 5.74) is 12.4. The molecule has 15 heteroatoms. The molecule has 3 aromatic rings.